The number of phenolic OH excluding ortho intramolecular Hbond substituents is 2. The average Bonchev–Trinajstić information content (AvgIpc) is 2.24. The summed E-state index contributed by atoms with van der Waals surface area (Å²) in [5.41, 5.74) is 0. The molecule has 0 spiro atoms. The van der Waals surface area contributed by atoms with Crippen LogP contribution in [0.1, 0.15) is 1.43 Å². The molecule has 0 aliphatic rings. The molecule has 0 radical (unpaired) electrons. The molecule has 2 aromatic carbocycles. The molecule has 4 N–H and O–H groups in total. The zero-order valence-electron chi connectivity index (χ0n) is 11.5. The fourth-order valence-electron chi connectivity index (χ4n) is 1.70. The van der Waals surface area contributed by atoms with E-state index in [9.17, 15) is 27.0 Å². The van der Waals surface area contributed by atoms with Gasteiger partial charge in [-0.15, -0.1) is 0 Å². The van der Waals surface area contributed by atoms with Crippen molar-refractivity contribution in [3.05, 3.63) is 24.3 Å². The van der Waals surface area contributed by atoms with Crippen LogP contribution in [0.25, 0.3) is 10.8 Å². The van der Waals surface area contributed by atoms with E-state index in [0.29, 0.717) is 0 Å². The third-order valence-corrected chi connectivity index (χ3v) is 4.32. The second-order valence-corrected chi connectivity index (χ2v) is 6.72. The van der Waals surface area contributed by atoms with Gasteiger partial charge in [0.15, 0.2) is 0 Å². The Morgan fingerprint density at radius 2 is 1.00 bits per heavy atom. The standard InChI is InChI=1S/C10H8O8S2.Na.H/c11-7-1-5-2-8(12)10(20(16,17)18)4-6(5)3-9(7)19(13,14)15;;/h1-4,11-12H,(H,13,14,15)(H,16,17,18);;/q;+1;-1. The molecule has 0 saturated carbocycles. The minimum Gasteiger partial charge on any atom is -1.00 e. The van der Waals surface area contributed by atoms with Gasteiger partial charge in [0.25, 0.3) is 20.2 Å². The summed E-state index contributed by atoms with van der Waals surface area (Å²) in [7, 11) is -9.42. The maximum Gasteiger partial charge on any atom is 1.00 e. The number of aromatic hydroxyl groups is 2. The van der Waals surface area contributed by atoms with Gasteiger partial charge in [0.2, 0.25) is 0 Å². The summed E-state index contributed by atoms with van der Waals surface area (Å²) < 4.78 is 61.9. The molecule has 0 unspecified atom stereocenters. The third kappa shape index (κ3) is 3.66. The predicted octanol–water partition coefficient (Wildman–Crippen LogP) is -2.14. The number of phenols is 2. The van der Waals surface area contributed by atoms with Crippen molar-refractivity contribution in [3.63, 3.8) is 0 Å². The molecule has 0 fully saturated rings. The molecule has 11 heteroatoms. The Bertz CT molecular complexity index is 851. The topological polar surface area (TPSA) is 149 Å². The minimum atomic E-state index is -4.71. The molecule has 0 bridgehead atoms. The van der Waals surface area contributed by atoms with Gasteiger partial charge in [-0.05, 0) is 35.0 Å². The largest absolute Gasteiger partial charge is 1.00 e. The van der Waals surface area contributed by atoms with Gasteiger partial charge in [0.1, 0.15) is 21.3 Å². The normalized spacial score (nSPS) is 12.1. The van der Waals surface area contributed by atoms with Crippen LogP contribution in [-0.4, -0.2) is 36.2 Å². The van der Waals surface area contributed by atoms with Crippen LogP contribution in [0.15, 0.2) is 34.1 Å². The molecule has 0 saturated heterocycles. The number of rotatable bonds is 2. The Hall–Kier alpha value is -0.880. The van der Waals surface area contributed by atoms with Crippen molar-refractivity contribution in [1.82, 2.24) is 0 Å². The first-order valence-electron chi connectivity index (χ1n) is 4.95. The third-order valence-electron chi connectivity index (χ3n) is 2.55. The van der Waals surface area contributed by atoms with E-state index >= 15 is 0 Å². The number of fused-ring (bicyclic) bond motifs is 1. The Morgan fingerprint density at radius 1 is 0.714 bits per heavy atom. The molecule has 2 aromatic rings. The average molecular weight is 344 g/mol. The van der Waals surface area contributed by atoms with E-state index in [1.165, 1.54) is 0 Å². The summed E-state index contributed by atoms with van der Waals surface area (Å²) in [6, 6.07) is 3.47. The maximum absolute atomic E-state index is 11.0. The molecule has 0 aromatic heterocycles. The number of hydrogen-bond donors (Lipinski definition) is 4. The van der Waals surface area contributed by atoms with Crippen molar-refractivity contribution in [1.29, 1.82) is 0 Å². The van der Waals surface area contributed by atoms with E-state index in [-0.39, 0.29) is 41.8 Å². The molecular weight excluding hydrogens is 335 g/mol. The second kappa shape index (κ2) is 5.72. The van der Waals surface area contributed by atoms with E-state index in [1.54, 1.807) is 0 Å². The molecule has 2 rings (SSSR count). The molecular formula is C10H9NaO8S2. The molecule has 0 heterocycles. The molecule has 0 aliphatic heterocycles. The van der Waals surface area contributed by atoms with Crippen LogP contribution in [0.3, 0.4) is 0 Å². The zero-order valence-corrected chi connectivity index (χ0v) is 14.2. The van der Waals surface area contributed by atoms with Crippen LogP contribution in [0.5, 0.6) is 11.5 Å². The van der Waals surface area contributed by atoms with Gasteiger partial charge in [-0.1, -0.05) is 0 Å². The van der Waals surface area contributed by atoms with Crippen LogP contribution >= 0.6 is 0 Å². The smallest absolute Gasteiger partial charge is 1.00 e. The molecule has 21 heavy (non-hydrogen) atoms. The minimum absolute atomic E-state index is 0. The van der Waals surface area contributed by atoms with Crippen molar-refractivity contribution < 1.29 is 67.1 Å². The summed E-state index contributed by atoms with van der Waals surface area (Å²) in [5, 5.41) is 19.0. The Labute approximate surface area is 143 Å². The Morgan fingerprint density at radius 3 is 1.29 bits per heavy atom. The van der Waals surface area contributed by atoms with Gasteiger partial charge in [-0.3, -0.25) is 9.11 Å². The molecule has 110 valence electrons. The van der Waals surface area contributed by atoms with Crippen LogP contribution in [0.2, 0.25) is 0 Å². The van der Waals surface area contributed by atoms with Crippen molar-refractivity contribution >= 4 is 31.0 Å². The van der Waals surface area contributed by atoms with Crippen LogP contribution in [0.4, 0.5) is 0 Å². The van der Waals surface area contributed by atoms with Gasteiger partial charge >= 0.3 is 29.6 Å². The number of hydrogen-bond acceptors (Lipinski definition) is 6. The van der Waals surface area contributed by atoms with Crippen LogP contribution < -0.4 is 29.6 Å². The number of benzene rings is 2. The quantitative estimate of drug-likeness (QED) is 0.356. The fourth-order valence-corrected chi connectivity index (χ4v) is 2.90. The second-order valence-electron chi connectivity index (χ2n) is 3.94. The van der Waals surface area contributed by atoms with Gasteiger partial charge < -0.3 is 11.6 Å². The van der Waals surface area contributed by atoms with Gasteiger partial charge in [0, 0.05) is 0 Å². The van der Waals surface area contributed by atoms with Gasteiger partial charge in [-0.25, -0.2) is 0 Å². The fraction of sp³-hybridized carbons (Fsp3) is 0. The Balaban J connectivity index is 0.00000220. The molecule has 8 nitrogen and oxygen atoms in total. The summed E-state index contributed by atoms with van der Waals surface area (Å²) in [4.78, 5) is -1.64. The summed E-state index contributed by atoms with van der Waals surface area (Å²) in [5.74, 6) is -1.53. The van der Waals surface area contributed by atoms with Crippen molar-refractivity contribution in [2.75, 3.05) is 0 Å². The van der Waals surface area contributed by atoms with E-state index in [1.807, 2.05) is 0 Å². The van der Waals surface area contributed by atoms with Crippen LogP contribution in [-0.2, 0) is 20.2 Å². The predicted molar refractivity (Wildman–Crippen MR) is 68.0 cm³/mol. The monoisotopic (exact) mass is 344 g/mol. The molecule has 0 amide bonds. The van der Waals surface area contributed by atoms with E-state index in [2.05, 4.69) is 0 Å². The van der Waals surface area contributed by atoms with E-state index < -0.39 is 41.5 Å². The van der Waals surface area contributed by atoms with Crippen molar-refractivity contribution in [2.24, 2.45) is 0 Å². The molecule has 0 aliphatic carbocycles. The van der Waals surface area contributed by atoms with Crippen molar-refractivity contribution in [2.45, 2.75) is 9.79 Å². The van der Waals surface area contributed by atoms with Crippen LogP contribution in [0, 0.1) is 0 Å². The van der Waals surface area contributed by atoms with E-state index in [0.717, 1.165) is 24.3 Å². The maximum atomic E-state index is 11.0. The van der Waals surface area contributed by atoms with Crippen molar-refractivity contribution in [3.8, 4) is 11.5 Å². The first-order valence-corrected chi connectivity index (χ1v) is 7.83. The SMILES string of the molecule is O=S(=O)(O)c1cc2cc(S(=O)(=O)O)c(O)cc2cc1O.[H-].[Na+]. The van der Waals surface area contributed by atoms with Gasteiger partial charge in [-0.2, -0.15) is 16.8 Å². The van der Waals surface area contributed by atoms with E-state index in [4.69, 9.17) is 9.11 Å². The zero-order chi connectivity index (χ0) is 15.3. The van der Waals surface area contributed by atoms with Gasteiger partial charge in [0.05, 0.1) is 0 Å². The summed E-state index contributed by atoms with van der Waals surface area (Å²) >= 11 is 0. The molecule has 0 atom stereocenters. The summed E-state index contributed by atoms with van der Waals surface area (Å²) in [6.07, 6.45) is 0. The first-order chi connectivity index (χ1) is 9.00. The Kier molecular flexibility index (Phi) is 4.95. The first kappa shape index (κ1) is 18.2. The summed E-state index contributed by atoms with van der Waals surface area (Å²) in [6.45, 7) is 0.